The molecule has 0 saturated heterocycles. The van der Waals surface area contributed by atoms with Crippen LogP contribution in [0.15, 0.2) is 0 Å². The highest BCUT2D eigenvalue weighted by atomic mass is 32.2. The van der Waals surface area contributed by atoms with E-state index in [0.29, 0.717) is 12.8 Å². The number of nitrogens with one attached hydrogen (secondary N) is 2. The number of hydrogen-bond donors (Lipinski definition) is 3. The van der Waals surface area contributed by atoms with Crippen LogP contribution in [0.4, 0.5) is 13.2 Å². The van der Waals surface area contributed by atoms with Crippen molar-refractivity contribution in [2.24, 2.45) is 5.73 Å². The smallest absolute Gasteiger partial charge is 0.386 e. The van der Waals surface area contributed by atoms with Crippen LogP contribution in [0.25, 0.3) is 0 Å². The predicted molar refractivity (Wildman–Crippen MR) is 74.6 cm³/mol. The van der Waals surface area contributed by atoms with Gasteiger partial charge >= 0.3 is 6.18 Å². The molecule has 0 bridgehead atoms. The number of halogens is 3. The van der Waals surface area contributed by atoms with Gasteiger partial charge in [-0.15, -0.1) is 0 Å². The zero-order valence-electron chi connectivity index (χ0n) is 11.8. The molecule has 5 nitrogen and oxygen atoms in total. The molecule has 1 aliphatic rings. The second-order valence-corrected chi connectivity index (χ2v) is 7.39. The van der Waals surface area contributed by atoms with Gasteiger partial charge in [-0.05, 0) is 19.3 Å². The summed E-state index contributed by atoms with van der Waals surface area (Å²) in [4.78, 5) is 0. The first-order chi connectivity index (χ1) is 9.56. The molecule has 1 saturated carbocycles. The molecule has 1 aliphatic carbocycles. The number of hydrogen-bond acceptors (Lipinski definition) is 3. The average Bonchev–Trinajstić information content (AvgIpc) is 2.52. The van der Waals surface area contributed by atoms with Gasteiger partial charge in [-0.3, -0.25) is 5.41 Å². The third-order valence-corrected chi connectivity index (χ3v) is 5.22. The molecule has 0 aromatic rings. The van der Waals surface area contributed by atoms with Crippen molar-refractivity contribution in [3.63, 3.8) is 0 Å². The molecule has 0 unspecified atom stereocenters. The SMILES string of the molecule is N=C(N)C1(NS(=O)(=O)CCCC(F)(F)F)CCCCCC1. The minimum Gasteiger partial charge on any atom is -0.386 e. The van der Waals surface area contributed by atoms with E-state index >= 15 is 0 Å². The van der Waals surface area contributed by atoms with Gasteiger partial charge in [0.05, 0.1) is 11.3 Å². The number of rotatable bonds is 6. The molecule has 9 heteroatoms. The number of amidine groups is 1. The zero-order valence-corrected chi connectivity index (χ0v) is 12.6. The van der Waals surface area contributed by atoms with Crippen molar-refractivity contribution in [3.05, 3.63) is 0 Å². The van der Waals surface area contributed by atoms with Crippen LogP contribution in [-0.2, 0) is 10.0 Å². The van der Waals surface area contributed by atoms with E-state index in [4.69, 9.17) is 11.1 Å². The summed E-state index contributed by atoms with van der Waals surface area (Å²) in [5.41, 5.74) is 4.42. The Kier molecular flexibility index (Phi) is 6.03. The lowest BCUT2D eigenvalue weighted by Crippen LogP contribution is -2.57. The van der Waals surface area contributed by atoms with Crippen LogP contribution in [0.3, 0.4) is 0 Å². The molecule has 0 aromatic heterocycles. The summed E-state index contributed by atoms with van der Waals surface area (Å²) in [6.45, 7) is 0. The fraction of sp³-hybridized carbons (Fsp3) is 0.917. The Hall–Kier alpha value is -0.830. The molecule has 0 spiro atoms. The highest BCUT2D eigenvalue weighted by molar-refractivity contribution is 7.89. The van der Waals surface area contributed by atoms with Gasteiger partial charge in [0.1, 0.15) is 5.84 Å². The molecule has 0 amide bonds. The lowest BCUT2D eigenvalue weighted by atomic mass is 9.90. The molecule has 0 atom stereocenters. The summed E-state index contributed by atoms with van der Waals surface area (Å²) >= 11 is 0. The first-order valence-corrected chi connectivity index (χ1v) is 8.64. The first-order valence-electron chi connectivity index (χ1n) is 6.99. The molecule has 21 heavy (non-hydrogen) atoms. The van der Waals surface area contributed by atoms with Gasteiger partial charge in [0, 0.05) is 6.42 Å². The third-order valence-electron chi connectivity index (χ3n) is 3.70. The molecule has 1 fully saturated rings. The molecule has 0 radical (unpaired) electrons. The summed E-state index contributed by atoms with van der Waals surface area (Å²) in [5, 5.41) is 7.66. The molecule has 124 valence electrons. The van der Waals surface area contributed by atoms with Crippen LogP contribution in [0.1, 0.15) is 51.4 Å². The average molecular weight is 329 g/mol. The number of alkyl halides is 3. The Morgan fingerprint density at radius 1 is 1.19 bits per heavy atom. The van der Waals surface area contributed by atoms with Gasteiger partial charge in [-0.2, -0.15) is 13.2 Å². The minimum atomic E-state index is -4.36. The van der Waals surface area contributed by atoms with E-state index in [1.165, 1.54) is 0 Å². The molecule has 0 aromatic carbocycles. The second kappa shape index (κ2) is 6.95. The third kappa shape index (κ3) is 6.21. The molecule has 0 heterocycles. The summed E-state index contributed by atoms with van der Waals surface area (Å²) in [5.74, 6) is -0.870. The van der Waals surface area contributed by atoms with Crippen molar-refractivity contribution >= 4 is 15.9 Å². The summed E-state index contributed by atoms with van der Waals surface area (Å²) in [7, 11) is -3.89. The molecule has 0 aliphatic heterocycles. The van der Waals surface area contributed by atoms with Gasteiger partial charge in [0.2, 0.25) is 10.0 Å². The minimum absolute atomic E-state index is 0.260. The van der Waals surface area contributed by atoms with Crippen molar-refractivity contribution in [2.45, 2.75) is 63.1 Å². The Balaban J connectivity index is 2.71. The van der Waals surface area contributed by atoms with Crippen molar-refractivity contribution < 1.29 is 21.6 Å². The van der Waals surface area contributed by atoms with E-state index in [1.54, 1.807) is 0 Å². The van der Waals surface area contributed by atoms with E-state index in [2.05, 4.69) is 4.72 Å². The molecule has 4 N–H and O–H groups in total. The standard InChI is InChI=1S/C12H22F3N3O2S/c13-12(14,15)8-5-9-21(19,20)18-11(10(16)17)6-3-1-2-4-7-11/h18H,1-9H2,(H3,16,17). The monoisotopic (exact) mass is 329 g/mol. The molecular weight excluding hydrogens is 307 g/mol. The summed E-state index contributed by atoms with van der Waals surface area (Å²) in [6.07, 6.45) is -1.81. The van der Waals surface area contributed by atoms with Gasteiger partial charge in [0.25, 0.3) is 0 Å². The van der Waals surface area contributed by atoms with E-state index in [0.717, 1.165) is 25.7 Å². The topological polar surface area (TPSA) is 96.0 Å². The fourth-order valence-corrected chi connectivity index (χ4v) is 4.11. The highest BCUT2D eigenvalue weighted by Crippen LogP contribution is 2.28. The van der Waals surface area contributed by atoms with Crippen molar-refractivity contribution in [2.75, 3.05) is 5.75 Å². The number of sulfonamides is 1. The maximum absolute atomic E-state index is 12.1. The highest BCUT2D eigenvalue weighted by Gasteiger charge is 2.38. The predicted octanol–water partition coefficient (Wildman–Crippen LogP) is 2.28. The van der Waals surface area contributed by atoms with Crippen LogP contribution < -0.4 is 10.5 Å². The fourth-order valence-electron chi connectivity index (χ4n) is 2.57. The largest absolute Gasteiger partial charge is 0.389 e. The Morgan fingerprint density at radius 3 is 2.14 bits per heavy atom. The van der Waals surface area contributed by atoms with E-state index < -0.39 is 40.3 Å². The molecular formula is C12H22F3N3O2S. The molecule has 1 rings (SSSR count). The maximum atomic E-state index is 12.1. The zero-order chi connectivity index (χ0) is 16.1. The van der Waals surface area contributed by atoms with Crippen molar-refractivity contribution in [1.29, 1.82) is 5.41 Å². The maximum Gasteiger partial charge on any atom is 0.389 e. The van der Waals surface area contributed by atoms with Gasteiger partial charge in [-0.1, -0.05) is 25.7 Å². The van der Waals surface area contributed by atoms with Gasteiger partial charge < -0.3 is 5.73 Å². The Morgan fingerprint density at radius 2 is 1.71 bits per heavy atom. The normalized spacial score (nSPS) is 20.0. The Labute approximate surface area is 123 Å². The van der Waals surface area contributed by atoms with Gasteiger partial charge in [-0.25, -0.2) is 13.1 Å². The van der Waals surface area contributed by atoms with E-state index in [9.17, 15) is 21.6 Å². The van der Waals surface area contributed by atoms with Crippen molar-refractivity contribution in [1.82, 2.24) is 4.72 Å². The van der Waals surface area contributed by atoms with Crippen LogP contribution in [0.2, 0.25) is 0 Å². The Bertz CT molecular complexity index is 455. The van der Waals surface area contributed by atoms with Crippen LogP contribution >= 0.6 is 0 Å². The number of nitrogens with two attached hydrogens (primary N) is 1. The first kappa shape index (κ1) is 18.2. The van der Waals surface area contributed by atoms with E-state index in [1.807, 2.05) is 0 Å². The van der Waals surface area contributed by atoms with Gasteiger partial charge in [0.15, 0.2) is 0 Å². The van der Waals surface area contributed by atoms with Crippen molar-refractivity contribution in [3.8, 4) is 0 Å². The van der Waals surface area contributed by atoms with E-state index in [-0.39, 0.29) is 5.84 Å². The van der Waals surface area contributed by atoms with Crippen LogP contribution in [0.5, 0.6) is 0 Å². The quantitative estimate of drug-likeness (QED) is 0.396. The summed E-state index contributed by atoms with van der Waals surface area (Å²) in [6, 6.07) is 0. The lowest BCUT2D eigenvalue weighted by molar-refractivity contribution is -0.134. The van der Waals surface area contributed by atoms with Crippen LogP contribution in [0, 0.1) is 5.41 Å². The second-order valence-electron chi connectivity index (χ2n) is 5.55. The summed E-state index contributed by atoms with van der Waals surface area (Å²) < 4.78 is 62.6. The lowest BCUT2D eigenvalue weighted by Gasteiger charge is -2.32. The van der Waals surface area contributed by atoms with Crippen LogP contribution in [-0.4, -0.2) is 31.7 Å².